The van der Waals surface area contributed by atoms with Crippen molar-refractivity contribution in [1.82, 2.24) is 0 Å². The van der Waals surface area contributed by atoms with Crippen molar-refractivity contribution in [1.29, 1.82) is 0 Å². The van der Waals surface area contributed by atoms with E-state index in [1.807, 2.05) is 0 Å². The van der Waals surface area contributed by atoms with E-state index in [1.54, 1.807) is 0 Å². The van der Waals surface area contributed by atoms with Gasteiger partial charge in [0, 0.05) is 5.46 Å². The van der Waals surface area contributed by atoms with Gasteiger partial charge in [-0.2, -0.15) is 0 Å². The molecule has 7 heteroatoms. The van der Waals surface area contributed by atoms with Crippen LogP contribution in [0.4, 0.5) is 8.78 Å². The fourth-order valence-electron chi connectivity index (χ4n) is 1.16. The number of ether oxygens (including phenoxy) is 1. The molecule has 86 valence electrons. The van der Waals surface area contributed by atoms with Crippen LogP contribution in [0, 0.1) is 11.6 Å². The Bertz CT molecular complexity index is 409. The zero-order valence-electron chi connectivity index (χ0n) is 8.41. The Hall–Kier alpha value is -1.47. The second-order valence-electron chi connectivity index (χ2n) is 2.92. The number of benzene rings is 1. The Labute approximate surface area is 90.6 Å². The summed E-state index contributed by atoms with van der Waals surface area (Å²) >= 11 is 0. The molecule has 1 aromatic rings. The van der Waals surface area contributed by atoms with E-state index < -0.39 is 35.7 Å². The van der Waals surface area contributed by atoms with Crippen LogP contribution in [-0.4, -0.2) is 29.7 Å². The molecule has 1 rings (SSSR count). The van der Waals surface area contributed by atoms with Crippen molar-refractivity contribution in [3.05, 3.63) is 29.3 Å². The van der Waals surface area contributed by atoms with E-state index in [0.29, 0.717) is 0 Å². The maximum Gasteiger partial charge on any atom is 0.491 e. The van der Waals surface area contributed by atoms with E-state index in [9.17, 15) is 13.6 Å². The maximum atomic E-state index is 13.5. The summed E-state index contributed by atoms with van der Waals surface area (Å²) in [5.74, 6) is -3.62. The summed E-state index contributed by atoms with van der Waals surface area (Å²) < 4.78 is 31.1. The van der Waals surface area contributed by atoms with E-state index in [-0.39, 0.29) is 6.61 Å². The van der Waals surface area contributed by atoms with Gasteiger partial charge in [-0.1, -0.05) is 6.07 Å². The molecule has 4 nitrogen and oxygen atoms in total. The minimum atomic E-state index is -2.12. The monoisotopic (exact) mass is 230 g/mol. The summed E-state index contributed by atoms with van der Waals surface area (Å²) in [6, 6.07) is 1.61. The standard InChI is InChI=1S/C9H9BF2O4/c1-2-16-9(13)7-6(11)4-3-5(8(7)12)10(14)15/h3-4,14-15H,2H2,1H3. The fraction of sp³-hybridized carbons (Fsp3) is 0.222. The van der Waals surface area contributed by atoms with Crippen LogP contribution in [0.25, 0.3) is 0 Å². The largest absolute Gasteiger partial charge is 0.491 e. The van der Waals surface area contributed by atoms with E-state index >= 15 is 0 Å². The van der Waals surface area contributed by atoms with Gasteiger partial charge in [-0.25, -0.2) is 13.6 Å². The molecule has 0 aliphatic carbocycles. The molecule has 0 heterocycles. The van der Waals surface area contributed by atoms with Crippen molar-refractivity contribution in [2.24, 2.45) is 0 Å². The van der Waals surface area contributed by atoms with Crippen molar-refractivity contribution in [3.8, 4) is 0 Å². The van der Waals surface area contributed by atoms with Crippen molar-refractivity contribution in [2.45, 2.75) is 6.92 Å². The summed E-state index contributed by atoms with van der Waals surface area (Å²) in [6.45, 7) is 1.45. The third-order valence-corrected chi connectivity index (χ3v) is 1.88. The molecular formula is C9H9BF2O4. The second-order valence-corrected chi connectivity index (χ2v) is 2.92. The highest BCUT2D eigenvalue weighted by Crippen LogP contribution is 2.12. The minimum absolute atomic E-state index is 0.0381. The molecule has 0 saturated carbocycles. The Morgan fingerprint density at radius 2 is 2.06 bits per heavy atom. The Morgan fingerprint density at radius 1 is 1.44 bits per heavy atom. The number of rotatable bonds is 3. The van der Waals surface area contributed by atoms with Gasteiger partial charge in [-0.15, -0.1) is 0 Å². The number of halogens is 2. The van der Waals surface area contributed by atoms with Crippen molar-refractivity contribution in [3.63, 3.8) is 0 Å². The molecule has 0 amide bonds. The number of esters is 1. The molecule has 0 fully saturated rings. The topological polar surface area (TPSA) is 66.8 Å². The molecule has 0 aliphatic heterocycles. The molecule has 16 heavy (non-hydrogen) atoms. The predicted octanol–water partition coefficient (Wildman–Crippen LogP) is -0.179. The maximum absolute atomic E-state index is 13.5. The van der Waals surface area contributed by atoms with Crippen molar-refractivity contribution < 1.29 is 28.4 Å². The first kappa shape index (κ1) is 12.6. The summed E-state index contributed by atoms with van der Waals surface area (Å²) in [7, 11) is -2.12. The molecule has 1 aromatic carbocycles. The lowest BCUT2D eigenvalue weighted by Gasteiger charge is -2.08. The Morgan fingerprint density at radius 3 is 2.56 bits per heavy atom. The normalized spacial score (nSPS) is 10.1. The third-order valence-electron chi connectivity index (χ3n) is 1.88. The van der Waals surface area contributed by atoms with Gasteiger partial charge in [0.25, 0.3) is 0 Å². The van der Waals surface area contributed by atoms with Crippen molar-refractivity contribution >= 4 is 18.6 Å². The number of carbonyl (C=O) groups is 1. The van der Waals surface area contributed by atoms with Crippen LogP contribution in [0.15, 0.2) is 12.1 Å². The Kier molecular flexibility index (Phi) is 3.97. The van der Waals surface area contributed by atoms with Crippen LogP contribution in [0.2, 0.25) is 0 Å². The zero-order chi connectivity index (χ0) is 12.3. The average Bonchev–Trinajstić information content (AvgIpc) is 2.17. The molecule has 0 aliphatic rings. The number of hydrogen-bond acceptors (Lipinski definition) is 4. The quantitative estimate of drug-likeness (QED) is 0.558. The smallest absolute Gasteiger partial charge is 0.462 e. The van der Waals surface area contributed by atoms with E-state index in [1.165, 1.54) is 6.92 Å². The molecular weight excluding hydrogens is 221 g/mol. The van der Waals surface area contributed by atoms with Crippen LogP contribution in [0.5, 0.6) is 0 Å². The van der Waals surface area contributed by atoms with Gasteiger partial charge in [-0.05, 0) is 13.0 Å². The van der Waals surface area contributed by atoms with Crippen LogP contribution in [0.1, 0.15) is 17.3 Å². The van der Waals surface area contributed by atoms with Gasteiger partial charge in [0.15, 0.2) is 0 Å². The van der Waals surface area contributed by atoms with Crippen molar-refractivity contribution in [2.75, 3.05) is 6.61 Å². The fourth-order valence-corrected chi connectivity index (χ4v) is 1.16. The predicted molar refractivity (Wildman–Crippen MR) is 52.1 cm³/mol. The van der Waals surface area contributed by atoms with Crippen LogP contribution >= 0.6 is 0 Å². The Balaban J connectivity index is 3.26. The highest BCUT2D eigenvalue weighted by molar-refractivity contribution is 6.58. The minimum Gasteiger partial charge on any atom is -0.462 e. The van der Waals surface area contributed by atoms with Crippen LogP contribution < -0.4 is 5.46 Å². The first-order chi connectivity index (χ1) is 7.49. The second kappa shape index (κ2) is 5.04. The summed E-state index contributed by atoms with van der Waals surface area (Å²) in [5, 5.41) is 17.5. The first-order valence-electron chi connectivity index (χ1n) is 4.50. The van der Waals surface area contributed by atoms with Gasteiger partial charge >= 0.3 is 13.1 Å². The van der Waals surface area contributed by atoms with Gasteiger partial charge in [0.2, 0.25) is 0 Å². The highest BCUT2D eigenvalue weighted by Gasteiger charge is 2.26. The molecule has 0 aromatic heterocycles. The summed E-state index contributed by atoms with van der Waals surface area (Å²) in [6.07, 6.45) is 0. The molecule has 0 bridgehead atoms. The molecule has 0 spiro atoms. The molecule has 0 atom stereocenters. The SMILES string of the molecule is CCOC(=O)c1c(F)ccc(B(O)O)c1F. The highest BCUT2D eigenvalue weighted by atomic mass is 19.1. The van der Waals surface area contributed by atoms with Gasteiger partial charge in [0.1, 0.15) is 17.2 Å². The average molecular weight is 230 g/mol. The number of carbonyl (C=O) groups excluding carboxylic acids is 1. The summed E-state index contributed by atoms with van der Waals surface area (Å²) in [4.78, 5) is 11.2. The van der Waals surface area contributed by atoms with Gasteiger partial charge < -0.3 is 14.8 Å². The van der Waals surface area contributed by atoms with Crippen LogP contribution in [-0.2, 0) is 4.74 Å². The lowest BCUT2D eigenvalue weighted by Crippen LogP contribution is -2.34. The van der Waals surface area contributed by atoms with Gasteiger partial charge in [0.05, 0.1) is 6.61 Å². The molecule has 0 unspecified atom stereocenters. The molecule has 0 saturated heterocycles. The molecule has 2 N–H and O–H groups in total. The van der Waals surface area contributed by atoms with Gasteiger partial charge in [-0.3, -0.25) is 0 Å². The van der Waals surface area contributed by atoms with Crippen LogP contribution in [0.3, 0.4) is 0 Å². The number of hydrogen-bond donors (Lipinski definition) is 2. The molecule has 0 radical (unpaired) electrons. The zero-order valence-corrected chi connectivity index (χ0v) is 8.41. The summed E-state index contributed by atoms with van der Waals surface area (Å²) in [5.41, 5.74) is -1.50. The van der Waals surface area contributed by atoms with E-state index in [0.717, 1.165) is 12.1 Å². The third kappa shape index (κ3) is 2.37. The van der Waals surface area contributed by atoms with E-state index in [2.05, 4.69) is 4.74 Å². The lowest BCUT2D eigenvalue weighted by atomic mass is 9.79. The first-order valence-corrected chi connectivity index (χ1v) is 4.50. The van der Waals surface area contributed by atoms with E-state index in [4.69, 9.17) is 10.0 Å². The lowest BCUT2D eigenvalue weighted by molar-refractivity contribution is 0.0515.